The summed E-state index contributed by atoms with van der Waals surface area (Å²) in [7, 11) is 0. The van der Waals surface area contributed by atoms with Crippen LogP contribution in [0.2, 0.25) is 0 Å². The fourth-order valence-electron chi connectivity index (χ4n) is 3.76. The van der Waals surface area contributed by atoms with Crippen molar-refractivity contribution in [1.82, 2.24) is 0 Å². The minimum atomic E-state index is -0.215. The van der Waals surface area contributed by atoms with Gasteiger partial charge >= 0.3 is 0 Å². The Hall–Kier alpha value is -1.31. The minimum Gasteiger partial charge on any atom is -0.488 e. The number of allylic oxidation sites excluding steroid dienone is 2. The molecule has 2 unspecified atom stereocenters. The summed E-state index contributed by atoms with van der Waals surface area (Å²) in [5.41, 5.74) is 5.41. The van der Waals surface area contributed by atoms with E-state index in [1.54, 1.807) is 6.07 Å². The first-order valence-corrected chi connectivity index (χ1v) is 7.16. The summed E-state index contributed by atoms with van der Waals surface area (Å²) in [5, 5.41) is 0. The van der Waals surface area contributed by atoms with Crippen LogP contribution in [0.4, 0.5) is 4.39 Å². The Balaban J connectivity index is 2.08. The minimum absolute atomic E-state index is 0.00839. The second-order valence-electron chi connectivity index (χ2n) is 6.22. The normalized spacial score (nSPS) is 24.0. The third-order valence-corrected chi connectivity index (χ3v) is 4.32. The smallest absolute Gasteiger partial charge is 0.165 e. The van der Waals surface area contributed by atoms with Crippen molar-refractivity contribution in [3.8, 4) is 5.75 Å². The average molecular weight is 260 g/mol. The Labute approximate surface area is 114 Å². The van der Waals surface area contributed by atoms with Gasteiger partial charge in [-0.1, -0.05) is 11.1 Å². The SMILES string of the molecule is CC(C)=C1C2CCC1c1cc(OC(C)C)c(F)cc12. The molecule has 102 valence electrons. The van der Waals surface area contributed by atoms with Crippen LogP contribution in [-0.4, -0.2) is 6.10 Å². The van der Waals surface area contributed by atoms with Crippen molar-refractivity contribution in [1.29, 1.82) is 0 Å². The van der Waals surface area contributed by atoms with Crippen LogP contribution in [0.3, 0.4) is 0 Å². The summed E-state index contributed by atoms with van der Waals surface area (Å²) in [6.07, 6.45) is 2.38. The molecule has 0 aromatic heterocycles. The number of halogens is 1. The van der Waals surface area contributed by atoms with E-state index in [4.69, 9.17) is 4.74 Å². The highest BCUT2D eigenvalue weighted by molar-refractivity contribution is 5.56. The van der Waals surface area contributed by atoms with E-state index in [1.165, 1.54) is 35.1 Å². The number of fused-ring (bicyclic) bond motifs is 5. The van der Waals surface area contributed by atoms with Gasteiger partial charge in [-0.3, -0.25) is 0 Å². The molecule has 2 heteroatoms. The predicted octanol–water partition coefficient (Wildman–Crippen LogP) is 4.92. The van der Waals surface area contributed by atoms with Crippen molar-refractivity contribution >= 4 is 0 Å². The third-order valence-electron chi connectivity index (χ3n) is 4.32. The Morgan fingerprint density at radius 1 is 1.16 bits per heavy atom. The molecule has 19 heavy (non-hydrogen) atoms. The molecule has 0 aliphatic heterocycles. The highest BCUT2D eigenvalue weighted by Gasteiger charge is 2.42. The largest absolute Gasteiger partial charge is 0.488 e. The standard InChI is InChI=1S/C17H21FO/c1-9(2)17-11-5-6-12(17)14-8-16(19-10(3)4)15(18)7-13(11)14/h7-8,10-12H,5-6H2,1-4H3. The molecule has 2 atom stereocenters. The maximum Gasteiger partial charge on any atom is 0.165 e. The lowest BCUT2D eigenvalue weighted by Gasteiger charge is -2.17. The molecule has 2 aliphatic carbocycles. The zero-order chi connectivity index (χ0) is 13.7. The molecule has 1 nitrogen and oxygen atoms in total. The van der Waals surface area contributed by atoms with Gasteiger partial charge in [0.2, 0.25) is 0 Å². The highest BCUT2D eigenvalue weighted by Crippen LogP contribution is 2.58. The summed E-state index contributed by atoms with van der Waals surface area (Å²) in [4.78, 5) is 0. The van der Waals surface area contributed by atoms with Crippen molar-refractivity contribution in [2.45, 2.75) is 58.5 Å². The van der Waals surface area contributed by atoms with E-state index >= 15 is 0 Å². The maximum absolute atomic E-state index is 14.1. The fraction of sp³-hybridized carbons (Fsp3) is 0.529. The molecule has 2 aliphatic rings. The second kappa shape index (κ2) is 4.36. The van der Waals surface area contributed by atoms with E-state index in [9.17, 15) is 4.39 Å². The van der Waals surface area contributed by atoms with Crippen molar-refractivity contribution < 1.29 is 9.13 Å². The van der Waals surface area contributed by atoms with Crippen LogP contribution in [0.25, 0.3) is 0 Å². The number of rotatable bonds is 2. The van der Waals surface area contributed by atoms with Crippen molar-refractivity contribution in [3.63, 3.8) is 0 Å². The summed E-state index contributed by atoms with van der Waals surface area (Å²) >= 11 is 0. The van der Waals surface area contributed by atoms with Crippen molar-refractivity contribution in [2.75, 3.05) is 0 Å². The number of hydrogen-bond acceptors (Lipinski definition) is 1. The van der Waals surface area contributed by atoms with Gasteiger partial charge < -0.3 is 4.74 Å². The Morgan fingerprint density at radius 3 is 2.26 bits per heavy atom. The third kappa shape index (κ3) is 1.89. The van der Waals surface area contributed by atoms with E-state index in [0.717, 1.165) is 0 Å². The predicted molar refractivity (Wildman–Crippen MR) is 75.3 cm³/mol. The number of benzene rings is 1. The van der Waals surface area contributed by atoms with Crippen molar-refractivity contribution in [2.24, 2.45) is 0 Å². The van der Waals surface area contributed by atoms with Crippen LogP contribution in [0.15, 0.2) is 23.3 Å². The van der Waals surface area contributed by atoms with Gasteiger partial charge in [0.1, 0.15) is 0 Å². The summed E-state index contributed by atoms with van der Waals surface area (Å²) in [6.45, 7) is 8.21. The average Bonchev–Trinajstić information content (AvgIpc) is 2.85. The Kier molecular flexibility index (Phi) is 2.92. The molecule has 1 fully saturated rings. The number of hydrogen-bond donors (Lipinski definition) is 0. The van der Waals surface area contributed by atoms with Gasteiger partial charge in [0.05, 0.1) is 6.10 Å². The van der Waals surface area contributed by atoms with E-state index in [0.29, 0.717) is 17.6 Å². The lowest BCUT2D eigenvalue weighted by Crippen LogP contribution is -2.08. The Morgan fingerprint density at radius 2 is 1.74 bits per heavy atom. The van der Waals surface area contributed by atoms with Crippen LogP contribution in [0.1, 0.15) is 63.5 Å². The van der Waals surface area contributed by atoms with Gasteiger partial charge in [0.15, 0.2) is 11.6 Å². The quantitative estimate of drug-likeness (QED) is 0.685. The Bertz CT molecular complexity index is 553. The lowest BCUT2D eigenvalue weighted by molar-refractivity contribution is 0.230. The molecule has 0 amide bonds. The molecule has 2 bridgehead atoms. The lowest BCUT2D eigenvalue weighted by atomic mass is 9.91. The maximum atomic E-state index is 14.1. The monoisotopic (exact) mass is 260 g/mol. The number of ether oxygens (including phenoxy) is 1. The fourth-order valence-corrected chi connectivity index (χ4v) is 3.76. The summed E-state index contributed by atoms with van der Waals surface area (Å²) in [5.74, 6) is 1.15. The van der Waals surface area contributed by atoms with Gasteiger partial charge in [0.25, 0.3) is 0 Å². The molecular formula is C17H21FO. The van der Waals surface area contributed by atoms with Crippen LogP contribution in [-0.2, 0) is 0 Å². The van der Waals surface area contributed by atoms with Crippen LogP contribution in [0.5, 0.6) is 5.75 Å². The zero-order valence-electron chi connectivity index (χ0n) is 12.1. The van der Waals surface area contributed by atoms with E-state index in [2.05, 4.69) is 13.8 Å². The first-order valence-electron chi connectivity index (χ1n) is 7.16. The second-order valence-corrected chi connectivity index (χ2v) is 6.22. The molecule has 1 saturated carbocycles. The van der Waals surface area contributed by atoms with E-state index < -0.39 is 0 Å². The van der Waals surface area contributed by atoms with Gasteiger partial charge in [-0.2, -0.15) is 0 Å². The molecule has 0 heterocycles. The van der Waals surface area contributed by atoms with Gasteiger partial charge in [-0.25, -0.2) is 4.39 Å². The summed E-state index contributed by atoms with van der Waals surface area (Å²) < 4.78 is 19.7. The highest BCUT2D eigenvalue weighted by atomic mass is 19.1. The van der Waals surface area contributed by atoms with Crippen LogP contribution < -0.4 is 4.74 Å². The van der Waals surface area contributed by atoms with Gasteiger partial charge in [0, 0.05) is 11.8 Å². The molecule has 1 aromatic rings. The first-order chi connectivity index (χ1) is 8.99. The molecule has 1 aromatic carbocycles. The first kappa shape index (κ1) is 12.7. The van der Waals surface area contributed by atoms with Gasteiger partial charge in [-0.15, -0.1) is 0 Å². The zero-order valence-corrected chi connectivity index (χ0v) is 12.1. The van der Waals surface area contributed by atoms with Crippen LogP contribution >= 0.6 is 0 Å². The van der Waals surface area contributed by atoms with Gasteiger partial charge in [-0.05, 0) is 63.8 Å². The summed E-state index contributed by atoms with van der Waals surface area (Å²) in [6, 6.07) is 3.65. The molecular weight excluding hydrogens is 239 g/mol. The van der Waals surface area contributed by atoms with Crippen LogP contribution in [0, 0.1) is 5.82 Å². The van der Waals surface area contributed by atoms with Crippen molar-refractivity contribution in [3.05, 3.63) is 40.2 Å². The van der Waals surface area contributed by atoms with E-state index in [1.807, 2.05) is 19.9 Å². The molecule has 0 radical (unpaired) electrons. The molecule has 0 N–H and O–H groups in total. The topological polar surface area (TPSA) is 9.23 Å². The van der Waals surface area contributed by atoms with E-state index in [-0.39, 0.29) is 11.9 Å². The molecule has 3 rings (SSSR count). The molecule has 0 saturated heterocycles. The molecule has 0 spiro atoms.